The van der Waals surface area contributed by atoms with Crippen LogP contribution in [0.3, 0.4) is 0 Å². The van der Waals surface area contributed by atoms with E-state index in [4.69, 9.17) is 9.47 Å². The van der Waals surface area contributed by atoms with E-state index < -0.39 is 83.5 Å². The van der Waals surface area contributed by atoms with Crippen LogP contribution in [0.4, 0.5) is 4.79 Å². The van der Waals surface area contributed by atoms with E-state index >= 15 is 0 Å². The van der Waals surface area contributed by atoms with Crippen LogP contribution in [-0.2, 0) is 38.2 Å². The normalized spacial score (nSPS) is 23.1. The quantitative estimate of drug-likeness (QED) is 0.198. The Kier molecular flexibility index (Phi) is 14.9. The minimum atomic E-state index is -1.20. The molecule has 15 nitrogen and oxygen atoms in total. The predicted octanol–water partition coefficient (Wildman–Crippen LogP) is 4.39. The molecule has 0 spiro atoms. The van der Waals surface area contributed by atoms with Crippen LogP contribution in [0.15, 0.2) is 30.3 Å². The molecule has 0 radical (unpaired) electrons. The summed E-state index contributed by atoms with van der Waals surface area (Å²) in [6.07, 6.45) is 5.53. The highest BCUT2D eigenvalue weighted by atomic mass is 16.6. The summed E-state index contributed by atoms with van der Waals surface area (Å²) in [5, 5.41) is 10.7. The van der Waals surface area contributed by atoms with Crippen molar-refractivity contribution in [1.29, 1.82) is 0 Å². The predicted molar refractivity (Wildman–Crippen MR) is 221 cm³/mol. The van der Waals surface area contributed by atoms with Gasteiger partial charge in [0.1, 0.15) is 23.7 Å². The maximum absolute atomic E-state index is 14.6. The Hall–Kier alpha value is -4.53. The molecule has 6 atom stereocenters. The Labute approximate surface area is 343 Å². The molecule has 2 aliphatic carbocycles. The second-order valence-electron chi connectivity index (χ2n) is 17.7. The molecule has 4 N–H and O–H groups in total. The van der Waals surface area contributed by atoms with Gasteiger partial charge in [0.05, 0.1) is 24.3 Å². The van der Waals surface area contributed by atoms with Crippen molar-refractivity contribution in [3.05, 3.63) is 35.9 Å². The lowest BCUT2D eigenvalue weighted by molar-refractivity contribution is -0.145. The van der Waals surface area contributed by atoms with Gasteiger partial charge < -0.3 is 40.5 Å². The lowest BCUT2D eigenvalue weighted by Crippen LogP contribution is -2.59. The van der Waals surface area contributed by atoms with Gasteiger partial charge in [-0.3, -0.25) is 28.8 Å². The summed E-state index contributed by atoms with van der Waals surface area (Å²) in [5.74, 6) is -4.42. The van der Waals surface area contributed by atoms with Gasteiger partial charge >= 0.3 is 6.09 Å². The molecule has 57 heavy (non-hydrogen) atoms. The molecule has 6 amide bonds. The SMILES string of the molecule is C.CN(C)C(=O)[C@@H](NC(=O)CNC(=O)C(=O)C(CC1CC1)NC(=O)[C@@H]1[C@H]2CC(C)(C)O[C@H]2CN1C(=O)[C@@H](NC(=O)OC(C)(C)C)C1CCCCC1)c1ccccc1.[HH].[HH].[HH].[HH]. The summed E-state index contributed by atoms with van der Waals surface area (Å²) < 4.78 is 11.9. The molecule has 5 rings (SSSR count). The number of carbonyl (C=O) groups excluding carboxylic acids is 7. The van der Waals surface area contributed by atoms with Crippen LogP contribution in [0.5, 0.6) is 0 Å². The highest BCUT2D eigenvalue weighted by molar-refractivity contribution is 6.38. The van der Waals surface area contributed by atoms with Gasteiger partial charge in [-0.2, -0.15) is 0 Å². The van der Waals surface area contributed by atoms with E-state index in [1.54, 1.807) is 65.2 Å². The number of hydrogen-bond donors (Lipinski definition) is 4. The lowest BCUT2D eigenvalue weighted by atomic mass is 9.83. The smallest absolute Gasteiger partial charge is 0.408 e. The number of carbonyl (C=O) groups is 7. The number of alkyl carbamates (subject to hydrolysis) is 1. The van der Waals surface area contributed by atoms with Gasteiger partial charge in [0.25, 0.3) is 5.91 Å². The van der Waals surface area contributed by atoms with Crippen LogP contribution >= 0.6 is 0 Å². The average Bonchev–Trinajstić information content (AvgIpc) is 3.82. The van der Waals surface area contributed by atoms with E-state index in [0.29, 0.717) is 12.0 Å². The van der Waals surface area contributed by atoms with E-state index in [1.807, 2.05) is 13.8 Å². The van der Waals surface area contributed by atoms with Gasteiger partial charge in [0, 0.05) is 32.3 Å². The van der Waals surface area contributed by atoms with Crippen molar-refractivity contribution in [3.8, 4) is 0 Å². The summed E-state index contributed by atoms with van der Waals surface area (Å²) >= 11 is 0. The largest absolute Gasteiger partial charge is 0.444 e. The summed E-state index contributed by atoms with van der Waals surface area (Å²) in [7, 11) is 3.13. The molecule has 2 saturated heterocycles. The van der Waals surface area contributed by atoms with Crippen LogP contribution < -0.4 is 21.3 Å². The molecule has 1 aromatic rings. The maximum atomic E-state index is 14.6. The van der Waals surface area contributed by atoms with Gasteiger partial charge in [0.15, 0.2) is 0 Å². The van der Waals surface area contributed by atoms with Crippen molar-refractivity contribution < 1.29 is 48.7 Å². The number of Topliss-reactive ketones (excluding diaryl/α,β-unsaturated/α-hetero) is 1. The fourth-order valence-corrected chi connectivity index (χ4v) is 8.28. The van der Waals surface area contributed by atoms with Crippen LogP contribution in [0.25, 0.3) is 0 Å². The number of ether oxygens (including phenoxy) is 2. The molecular weight excluding hydrogens is 732 g/mol. The molecule has 0 aromatic heterocycles. The van der Waals surface area contributed by atoms with Crippen molar-refractivity contribution in [1.82, 2.24) is 31.1 Å². The first kappa shape index (κ1) is 45.2. The van der Waals surface area contributed by atoms with Crippen LogP contribution in [0, 0.1) is 17.8 Å². The standard InChI is InChI=1S/C41H60N6O9.CH4.4H2/c1-40(2,3)56-39(54)45-32(26-16-12-9-13-17-26)38(53)47-23-29-27(21-41(4,5)55-29)33(47)35(50)43-28(20-24-18-19-24)34(49)36(51)42-22-30(48)44-31(37(52)46(6)7)25-14-10-8-11-15-25;;;;;/h8,10-11,14-15,24,26-29,31-33H,9,12-13,16-23H2,1-7H3,(H,42,51)(H,43,50)(H,44,48)(H,45,54);1H4;4*1H/t27-,28?,29-,31-,32-,33-;;;;;/m0...../s1. The van der Waals surface area contributed by atoms with Gasteiger partial charge in [-0.25, -0.2) is 4.79 Å². The molecule has 324 valence electrons. The minimum absolute atomic E-state index is 0. The van der Waals surface area contributed by atoms with E-state index in [2.05, 4.69) is 21.3 Å². The van der Waals surface area contributed by atoms with E-state index in [0.717, 1.165) is 44.9 Å². The number of rotatable bonds is 14. The Morgan fingerprint density at radius 3 is 2.19 bits per heavy atom. The number of benzene rings is 1. The first-order valence-corrected chi connectivity index (χ1v) is 20.0. The molecule has 1 aromatic carbocycles. The maximum Gasteiger partial charge on any atom is 0.408 e. The Balaban J connectivity index is 0.00000720. The molecule has 4 fully saturated rings. The van der Waals surface area contributed by atoms with Crippen molar-refractivity contribution in [2.45, 2.75) is 141 Å². The highest BCUT2D eigenvalue weighted by Gasteiger charge is 2.56. The Morgan fingerprint density at radius 2 is 1.60 bits per heavy atom. The van der Waals surface area contributed by atoms with Crippen molar-refractivity contribution in [2.24, 2.45) is 17.8 Å². The number of ketones is 1. The van der Waals surface area contributed by atoms with Gasteiger partial charge in [0.2, 0.25) is 29.4 Å². The molecule has 2 heterocycles. The molecule has 2 saturated carbocycles. The summed E-state index contributed by atoms with van der Waals surface area (Å²) in [6.45, 7) is 8.65. The number of likely N-dealkylation sites (N-methyl/N-ethyl adjacent to an activating group) is 1. The van der Waals surface area contributed by atoms with Crippen LogP contribution in [-0.4, -0.2) is 114 Å². The zero-order valence-electron chi connectivity index (χ0n) is 33.9. The zero-order chi connectivity index (χ0) is 40.9. The molecule has 4 aliphatic rings. The first-order chi connectivity index (χ1) is 26.3. The monoisotopic (exact) mass is 805 g/mol. The fourth-order valence-electron chi connectivity index (χ4n) is 8.28. The third-order valence-electron chi connectivity index (χ3n) is 11.1. The van der Waals surface area contributed by atoms with E-state index in [9.17, 15) is 33.6 Å². The number of likely N-dealkylation sites (tertiary alicyclic amines) is 1. The van der Waals surface area contributed by atoms with E-state index in [-0.39, 0.29) is 49.8 Å². The molecule has 1 unspecified atom stereocenters. The van der Waals surface area contributed by atoms with Crippen molar-refractivity contribution >= 4 is 41.4 Å². The second-order valence-corrected chi connectivity index (χ2v) is 17.7. The first-order valence-electron chi connectivity index (χ1n) is 20.0. The van der Waals surface area contributed by atoms with Crippen LogP contribution in [0.1, 0.15) is 117 Å². The fraction of sp³-hybridized carbons (Fsp3) is 0.690. The van der Waals surface area contributed by atoms with E-state index in [1.165, 1.54) is 9.80 Å². The van der Waals surface area contributed by atoms with Crippen molar-refractivity contribution in [3.63, 3.8) is 0 Å². The third-order valence-corrected chi connectivity index (χ3v) is 11.1. The topological polar surface area (TPSA) is 193 Å². The minimum Gasteiger partial charge on any atom is -0.444 e. The number of fused-ring (bicyclic) bond motifs is 1. The Morgan fingerprint density at radius 1 is 0.947 bits per heavy atom. The highest BCUT2D eigenvalue weighted by Crippen LogP contribution is 2.44. The average molecular weight is 805 g/mol. The Bertz CT molecular complexity index is 1650. The summed E-state index contributed by atoms with van der Waals surface area (Å²) in [6, 6.07) is 4.51. The second kappa shape index (κ2) is 18.8. The van der Waals surface area contributed by atoms with Gasteiger partial charge in [-0.05, 0) is 77.7 Å². The molecule has 15 heteroatoms. The molecule has 2 aliphatic heterocycles. The molecular formula is C42H72N6O9. The van der Waals surface area contributed by atoms with Gasteiger partial charge in [-0.15, -0.1) is 0 Å². The summed E-state index contributed by atoms with van der Waals surface area (Å²) in [5.41, 5.74) is -0.787. The number of nitrogens with zero attached hydrogens (tertiary/aromatic N) is 2. The summed E-state index contributed by atoms with van der Waals surface area (Å²) in [4.78, 5) is 97.8. The number of nitrogens with one attached hydrogen (secondary N) is 4. The van der Waals surface area contributed by atoms with Gasteiger partial charge in [-0.1, -0.05) is 69.9 Å². The molecule has 0 bridgehead atoms. The van der Waals surface area contributed by atoms with Crippen molar-refractivity contribution in [2.75, 3.05) is 27.2 Å². The number of hydrogen-bond acceptors (Lipinski definition) is 9. The van der Waals surface area contributed by atoms with Crippen LogP contribution in [0.2, 0.25) is 0 Å². The lowest BCUT2D eigenvalue weighted by Gasteiger charge is -2.36. The third kappa shape index (κ3) is 12.0. The zero-order valence-corrected chi connectivity index (χ0v) is 33.9. The number of amides is 6.